The second-order valence-electron chi connectivity index (χ2n) is 10.0. The molecule has 7 nitrogen and oxygen atoms in total. The van der Waals surface area contributed by atoms with E-state index in [0.29, 0.717) is 22.4 Å². The minimum atomic E-state index is -0.322. The highest BCUT2D eigenvalue weighted by atomic mass is 16.5. The number of rotatable bonds is 7. The van der Waals surface area contributed by atoms with Crippen LogP contribution in [0.15, 0.2) is 48.8 Å². The third kappa shape index (κ3) is 4.05. The molecule has 1 aliphatic carbocycles. The van der Waals surface area contributed by atoms with Crippen LogP contribution >= 0.6 is 0 Å². The lowest BCUT2D eigenvalue weighted by Gasteiger charge is -2.63. The molecule has 0 saturated heterocycles. The molecule has 2 aromatic heterocycles. The van der Waals surface area contributed by atoms with Crippen molar-refractivity contribution in [3.63, 3.8) is 0 Å². The van der Waals surface area contributed by atoms with Crippen molar-refractivity contribution in [1.29, 1.82) is 5.26 Å². The van der Waals surface area contributed by atoms with E-state index in [9.17, 15) is 10.1 Å². The van der Waals surface area contributed by atoms with Crippen LogP contribution in [0.4, 0.5) is 5.82 Å². The lowest BCUT2D eigenvalue weighted by molar-refractivity contribution is -0.163. The van der Waals surface area contributed by atoms with Crippen LogP contribution in [0.2, 0.25) is 0 Å². The summed E-state index contributed by atoms with van der Waals surface area (Å²) in [4.78, 5) is 21.7. The number of nitrogens with one attached hydrogen (secondary N) is 2. The van der Waals surface area contributed by atoms with Crippen molar-refractivity contribution in [3.8, 4) is 11.8 Å². The van der Waals surface area contributed by atoms with Crippen molar-refractivity contribution >= 4 is 22.6 Å². The van der Waals surface area contributed by atoms with Gasteiger partial charge in [-0.15, -0.1) is 0 Å². The second-order valence-corrected chi connectivity index (χ2v) is 10.0. The smallest absolute Gasteiger partial charge is 0.253 e. The van der Waals surface area contributed by atoms with Crippen molar-refractivity contribution in [2.24, 2.45) is 10.8 Å². The predicted octanol–water partition coefficient (Wildman–Crippen LogP) is 4.94. The van der Waals surface area contributed by atoms with Crippen LogP contribution in [-0.4, -0.2) is 34.6 Å². The molecule has 0 radical (unpaired) electrons. The van der Waals surface area contributed by atoms with Gasteiger partial charge in [0.1, 0.15) is 23.7 Å². The molecule has 3 aromatic rings. The van der Waals surface area contributed by atoms with Gasteiger partial charge in [0.15, 0.2) is 0 Å². The van der Waals surface area contributed by atoms with Crippen molar-refractivity contribution < 1.29 is 9.53 Å². The summed E-state index contributed by atoms with van der Waals surface area (Å²) in [7, 11) is 0. The van der Waals surface area contributed by atoms with Gasteiger partial charge in [0.05, 0.1) is 16.6 Å². The molecule has 1 saturated carbocycles. The summed E-state index contributed by atoms with van der Waals surface area (Å²) in [6, 6.07) is 13.1. The molecule has 0 aliphatic heterocycles. The second kappa shape index (κ2) is 8.94. The van der Waals surface area contributed by atoms with Crippen molar-refractivity contribution in [2.75, 3.05) is 11.9 Å². The number of benzene rings is 1. The fraction of sp³-hybridized carbons (Fsp3) is 0.407. The van der Waals surface area contributed by atoms with Crippen LogP contribution in [0, 0.1) is 22.2 Å². The maximum absolute atomic E-state index is 13.0. The third-order valence-corrected chi connectivity index (χ3v) is 6.79. The van der Waals surface area contributed by atoms with Gasteiger partial charge < -0.3 is 15.4 Å². The molecule has 2 N–H and O–H groups in total. The van der Waals surface area contributed by atoms with Gasteiger partial charge in [-0.1, -0.05) is 34.6 Å². The number of hydrogen-bond donors (Lipinski definition) is 2. The minimum Gasteiger partial charge on any atom is -0.488 e. The molecule has 2 heterocycles. The summed E-state index contributed by atoms with van der Waals surface area (Å²) in [5.41, 5.74) is 1.04. The van der Waals surface area contributed by atoms with Gasteiger partial charge in [-0.2, -0.15) is 5.26 Å². The molecule has 1 aliphatic rings. The summed E-state index contributed by atoms with van der Waals surface area (Å²) in [6.07, 6.45) is 4.14. The van der Waals surface area contributed by atoms with Crippen molar-refractivity contribution in [2.45, 2.75) is 53.2 Å². The van der Waals surface area contributed by atoms with Gasteiger partial charge in [0, 0.05) is 41.2 Å². The van der Waals surface area contributed by atoms with E-state index in [2.05, 4.69) is 61.3 Å². The summed E-state index contributed by atoms with van der Waals surface area (Å²) in [5, 5.41) is 16.7. The summed E-state index contributed by atoms with van der Waals surface area (Å²) >= 11 is 0. The number of nitrogens with zero attached hydrogens (tertiary/aromatic N) is 3. The highest BCUT2D eigenvalue weighted by Crippen LogP contribution is 2.56. The number of carbonyl (C=O) groups is 1. The molecule has 1 aromatic carbocycles. The zero-order valence-corrected chi connectivity index (χ0v) is 20.3. The topological polar surface area (TPSA) is 99.9 Å². The standard InChI is InChI=1S/C27H31N5O2/c1-6-13-29-21-12-10-18(16-31-21)23(33)32-24-26(2,3)25(27(24,4)5)34-20-11-9-17(15-28)22-19(20)8-7-14-30-22/h7-12,14,16,24-25H,6,13H2,1-5H3,(H,29,31)(H,32,33)/t24-,25-. The minimum absolute atomic E-state index is 0.0989. The van der Waals surface area contributed by atoms with E-state index in [0.717, 1.165) is 24.2 Å². The molecule has 1 amide bonds. The van der Waals surface area contributed by atoms with E-state index in [1.807, 2.05) is 24.3 Å². The van der Waals surface area contributed by atoms with Crippen molar-refractivity contribution in [3.05, 3.63) is 59.9 Å². The van der Waals surface area contributed by atoms with E-state index < -0.39 is 0 Å². The molecule has 176 valence electrons. The third-order valence-electron chi connectivity index (χ3n) is 6.79. The monoisotopic (exact) mass is 457 g/mol. The van der Waals surface area contributed by atoms with E-state index >= 15 is 0 Å². The average molecular weight is 458 g/mol. The number of amides is 1. The average Bonchev–Trinajstić information content (AvgIpc) is 2.84. The molecule has 0 atom stereocenters. The predicted molar refractivity (Wildman–Crippen MR) is 133 cm³/mol. The van der Waals surface area contributed by atoms with Gasteiger partial charge in [-0.05, 0) is 42.8 Å². The number of aromatic nitrogens is 2. The number of anilines is 1. The van der Waals surface area contributed by atoms with Crippen LogP contribution in [0.5, 0.6) is 5.75 Å². The summed E-state index contributed by atoms with van der Waals surface area (Å²) in [5.74, 6) is 1.31. The lowest BCUT2D eigenvalue weighted by atomic mass is 9.49. The van der Waals surface area contributed by atoms with Gasteiger partial charge >= 0.3 is 0 Å². The van der Waals surface area contributed by atoms with E-state index in [1.54, 1.807) is 24.5 Å². The lowest BCUT2D eigenvalue weighted by Crippen LogP contribution is -2.74. The molecule has 0 unspecified atom stereocenters. The normalized spacial score (nSPS) is 20.1. The zero-order valence-electron chi connectivity index (χ0n) is 20.3. The first-order chi connectivity index (χ1) is 16.2. The largest absolute Gasteiger partial charge is 0.488 e. The molecule has 4 rings (SSSR count). The molecular weight excluding hydrogens is 426 g/mol. The Bertz CT molecular complexity index is 1230. The molecule has 0 spiro atoms. The molecule has 0 bridgehead atoms. The number of nitriles is 1. The van der Waals surface area contributed by atoms with Gasteiger partial charge in [0.25, 0.3) is 5.91 Å². The molecule has 7 heteroatoms. The Morgan fingerprint density at radius 1 is 1.12 bits per heavy atom. The molecule has 34 heavy (non-hydrogen) atoms. The quantitative estimate of drug-likeness (QED) is 0.521. The first kappa shape index (κ1) is 23.5. The number of hydrogen-bond acceptors (Lipinski definition) is 6. The molecule has 1 fully saturated rings. The molecular formula is C27H31N5O2. The number of pyridine rings is 2. The van der Waals surface area contributed by atoms with Gasteiger partial charge in [0.2, 0.25) is 0 Å². The fourth-order valence-electron chi connectivity index (χ4n) is 5.37. The Labute approximate surface area is 200 Å². The van der Waals surface area contributed by atoms with E-state index in [1.165, 1.54) is 0 Å². The maximum atomic E-state index is 13.0. The highest BCUT2D eigenvalue weighted by Gasteiger charge is 2.64. The zero-order chi connectivity index (χ0) is 24.5. The number of ether oxygens (including phenoxy) is 1. The van der Waals surface area contributed by atoms with Gasteiger partial charge in [-0.25, -0.2) is 4.98 Å². The number of fused-ring (bicyclic) bond motifs is 1. The fourth-order valence-corrected chi connectivity index (χ4v) is 5.37. The van der Waals surface area contributed by atoms with Crippen LogP contribution in [0.25, 0.3) is 10.9 Å². The first-order valence-corrected chi connectivity index (χ1v) is 11.7. The number of carbonyl (C=O) groups excluding carboxylic acids is 1. The van der Waals surface area contributed by atoms with Crippen LogP contribution in [-0.2, 0) is 0 Å². The van der Waals surface area contributed by atoms with E-state index in [-0.39, 0.29) is 28.9 Å². The SMILES string of the molecule is CCCNc1ccc(C(=O)N[C@H]2C(C)(C)[C@H](Oc3ccc(C#N)c4ncccc34)C2(C)C)cn1. The summed E-state index contributed by atoms with van der Waals surface area (Å²) in [6.45, 7) is 11.4. The van der Waals surface area contributed by atoms with Crippen molar-refractivity contribution in [1.82, 2.24) is 15.3 Å². The Kier molecular flexibility index (Phi) is 6.18. The first-order valence-electron chi connectivity index (χ1n) is 11.7. The van der Waals surface area contributed by atoms with Crippen LogP contribution in [0.1, 0.15) is 57.0 Å². The maximum Gasteiger partial charge on any atom is 0.253 e. The van der Waals surface area contributed by atoms with E-state index in [4.69, 9.17) is 4.74 Å². The Hall–Kier alpha value is -3.66. The van der Waals surface area contributed by atoms with Crippen LogP contribution in [0.3, 0.4) is 0 Å². The summed E-state index contributed by atoms with van der Waals surface area (Å²) < 4.78 is 6.54. The van der Waals surface area contributed by atoms with Crippen LogP contribution < -0.4 is 15.4 Å². The Morgan fingerprint density at radius 2 is 1.88 bits per heavy atom. The Morgan fingerprint density at radius 3 is 2.53 bits per heavy atom. The van der Waals surface area contributed by atoms with Gasteiger partial charge in [-0.3, -0.25) is 9.78 Å². The Balaban J connectivity index is 1.52. The highest BCUT2D eigenvalue weighted by molar-refractivity contribution is 5.94.